The third kappa shape index (κ3) is 2.90. The van der Waals surface area contributed by atoms with E-state index in [2.05, 4.69) is 10.0 Å². The highest BCUT2D eigenvalue weighted by Gasteiger charge is 2.05. The topological polar surface area (TPSA) is 84.0 Å². The Balaban J connectivity index is 2.95. The van der Waals surface area contributed by atoms with Crippen molar-refractivity contribution in [2.45, 2.75) is 0 Å². The largest absolute Gasteiger partial charge is 0.495 e. The minimum Gasteiger partial charge on any atom is -0.495 e. The molecular formula is C10H11FN4O. The van der Waals surface area contributed by atoms with Gasteiger partial charge in [0.15, 0.2) is 0 Å². The number of ether oxygens (including phenoxy) is 1. The van der Waals surface area contributed by atoms with Crippen molar-refractivity contribution in [3.8, 4) is 5.75 Å². The van der Waals surface area contributed by atoms with Crippen LogP contribution in [0.15, 0.2) is 23.3 Å². The van der Waals surface area contributed by atoms with Crippen LogP contribution in [-0.2, 0) is 0 Å². The minimum atomic E-state index is -0.449. The van der Waals surface area contributed by atoms with Crippen LogP contribution in [0.4, 0.5) is 10.1 Å². The highest BCUT2D eigenvalue weighted by molar-refractivity contribution is 5.61. The Morgan fingerprint density at radius 2 is 2.38 bits per heavy atom. The van der Waals surface area contributed by atoms with E-state index >= 15 is 0 Å². The summed E-state index contributed by atoms with van der Waals surface area (Å²) in [6.07, 6.45) is 3.06. The van der Waals surface area contributed by atoms with Crippen molar-refractivity contribution in [2.75, 3.05) is 19.4 Å². The molecule has 0 spiro atoms. The van der Waals surface area contributed by atoms with Crippen LogP contribution in [0.5, 0.6) is 5.75 Å². The van der Waals surface area contributed by atoms with Crippen molar-refractivity contribution in [2.24, 2.45) is 5.11 Å². The molecule has 0 saturated carbocycles. The Morgan fingerprint density at radius 3 is 3.00 bits per heavy atom. The molecule has 0 amide bonds. The molecule has 1 aromatic carbocycles. The van der Waals surface area contributed by atoms with Gasteiger partial charge in [0.1, 0.15) is 11.6 Å². The summed E-state index contributed by atoms with van der Waals surface area (Å²) in [6, 6.07) is 2.67. The van der Waals surface area contributed by atoms with Crippen LogP contribution in [-0.4, -0.2) is 13.7 Å². The number of halogens is 1. The van der Waals surface area contributed by atoms with E-state index in [-0.39, 0.29) is 12.2 Å². The number of azide groups is 1. The fourth-order valence-electron chi connectivity index (χ4n) is 1.15. The van der Waals surface area contributed by atoms with Crippen molar-refractivity contribution in [3.05, 3.63) is 40.0 Å². The summed E-state index contributed by atoms with van der Waals surface area (Å²) in [7, 11) is 1.46. The van der Waals surface area contributed by atoms with Gasteiger partial charge in [0.25, 0.3) is 0 Å². The zero-order valence-electron chi connectivity index (χ0n) is 8.72. The smallest absolute Gasteiger partial charge is 0.142 e. The van der Waals surface area contributed by atoms with Gasteiger partial charge in [0.05, 0.1) is 12.8 Å². The van der Waals surface area contributed by atoms with Crippen LogP contribution in [0.2, 0.25) is 0 Å². The summed E-state index contributed by atoms with van der Waals surface area (Å²) in [5, 5.41) is 3.29. The third-order valence-corrected chi connectivity index (χ3v) is 1.90. The molecule has 0 heterocycles. The van der Waals surface area contributed by atoms with Crippen molar-refractivity contribution in [1.82, 2.24) is 0 Å². The number of hydrogen-bond acceptors (Lipinski definition) is 3. The van der Waals surface area contributed by atoms with Gasteiger partial charge in [-0.2, -0.15) is 0 Å². The number of nitrogens with two attached hydrogens (primary N) is 1. The molecule has 0 aliphatic rings. The van der Waals surface area contributed by atoms with E-state index in [0.717, 1.165) is 0 Å². The average Bonchev–Trinajstić information content (AvgIpc) is 2.27. The molecule has 0 aromatic heterocycles. The molecule has 16 heavy (non-hydrogen) atoms. The van der Waals surface area contributed by atoms with Gasteiger partial charge in [-0.3, -0.25) is 0 Å². The number of nitrogen functional groups attached to an aromatic ring is 1. The average molecular weight is 222 g/mol. The molecule has 0 aliphatic carbocycles. The quantitative estimate of drug-likeness (QED) is 0.367. The van der Waals surface area contributed by atoms with Crippen molar-refractivity contribution in [1.29, 1.82) is 0 Å². The summed E-state index contributed by atoms with van der Waals surface area (Å²) in [5.74, 6) is -0.0414. The van der Waals surface area contributed by atoms with Gasteiger partial charge in [0, 0.05) is 23.1 Å². The molecule has 0 radical (unpaired) electrons. The maximum Gasteiger partial charge on any atom is 0.142 e. The number of benzene rings is 1. The fraction of sp³-hybridized carbons (Fsp3) is 0.200. The molecule has 0 fully saturated rings. The highest BCUT2D eigenvalue weighted by atomic mass is 19.1. The minimum absolute atomic E-state index is 0.169. The molecule has 1 aromatic rings. The summed E-state index contributed by atoms with van der Waals surface area (Å²) in [4.78, 5) is 2.57. The number of anilines is 1. The third-order valence-electron chi connectivity index (χ3n) is 1.90. The summed E-state index contributed by atoms with van der Waals surface area (Å²) >= 11 is 0. The molecule has 1 rings (SSSR count). The lowest BCUT2D eigenvalue weighted by atomic mass is 10.1. The van der Waals surface area contributed by atoms with Gasteiger partial charge in [-0.15, -0.1) is 0 Å². The van der Waals surface area contributed by atoms with E-state index in [1.165, 1.54) is 25.3 Å². The molecule has 0 bridgehead atoms. The lowest BCUT2D eigenvalue weighted by Crippen LogP contribution is -1.95. The molecule has 0 saturated heterocycles. The fourth-order valence-corrected chi connectivity index (χ4v) is 1.15. The molecule has 0 unspecified atom stereocenters. The second-order valence-electron chi connectivity index (χ2n) is 2.93. The van der Waals surface area contributed by atoms with Gasteiger partial charge < -0.3 is 10.5 Å². The van der Waals surface area contributed by atoms with Gasteiger partial charge in [0.2, 0.25) is 0 Å². The first kappa shape index (κ1) is 11.9. The second kappa shape index (κ2) is 5.63. The summed E-state index contributed by atoms with van der Waals surface area (Å²) < 4.78 is 18.3. The Hall–Kier alpha value is -2.20. The SMILES string of the molecule is COc1cc(C=CCN=[N+]=[N-])c(F)cc1N. The van der Waals surface area contributed by atoms with Crippen LogP contribution in [0, 0.1) is 5.82 Å². The standard InChI is InChI=1S/C10H11FN4O/c1-16-10-5-7(3-2-4-14-15-13)8(11)6-9(10)12/h2-3,5-6H,4,12H2,1H3. The van der Waals surface area contributed by atoms with E-state index in [1.807, 2.05) is 0 Å². The van der Waals surface area contributed by atoms with E-state index in [4.69, 9.17) is 16.0 Å². The first-order valence-corrected chi connectivity index (χ1v) is 4.49. The Bertz CT molecular complexity index is 452. The molecule has 0 atom stereocenters. The molecule has 2 N–H and O–H groups in total. The number of nitrogens with zero attached hydrogens (tertiary/aromatic N) is 3. The van der Waals surface area contributed by atoms with Crippen molar-refractivity contribution < 1.29 is 9.13 Å². The predicted octanol–water partition coefficient (Wildman–Crippen LogP) is 2.74. The van der Waals surface area contributed by atoms with Crippen LogP contribution < -0.4 is 10.5 Å². The monoisotopic (exact) mass is 222 g/mol. The Morgan fingerprint density at radius 1 is 1.62 bits per heavy atom. The molecule has 6 heteroatoms. The van der Waals surface area contributed by atoms with Gasteiger partial charge in [-0.1, -0.05) is 17.3 Å². The van der Waals surface area contributed by atoms with E-state index in [1.54, 1.807) is 6.08 Å². The Kier molecular flexibility index (Phi) is 4.17. The summed E-state index contributed by atoms with van der Waals surface area (Å²) in [6.45, 7) is 0.169. The van der Waals surface area contributed by atoms with Crippen LogP contribution >= 0.6 is 0 Å². The van der Waals surface area contributed by atoms with E-state index in [0.29, 0.717) is 11.3 Å². The highest BCUT2D eigenvalue weighted by Crippen LogP contribution is 2.25. The normalized spacial score (nSPS) is 10.1. The zero-order chi connectivity index (χ0) is 12.0. The van der Waals surface area contributed by atoms with Gasteiger partial charge in [-0.25, -0.2) is 4.39 Å². The first-order chi connectivity index (χ1) is 7.69. The Labute approximate surface area is 92.0 Å². The van der Waals surface area contributed by atoms with Crippen molar-refractivity contribution in [3.63, 3.8) is 0 Å². The number of hydrogen-bond donors (Lipinski definition) is 1. The number of rotatable bonds is 4. The van der Waals surface area contributed by atoms with E-state index < -0.39 is 5.82 Å². The lowest BCUT2D eigenvalue weighted by Gasteiger charge is -2.06. The predicted molar refractivity (Wildman–Crippen MR) is 60.4 cm³/mol. The van der Waals surface area contributed by atoms with Crippen LogP contribution in [0.25, 0.3) is 16.5 Å². The molecule has 5 nitrogen and oxygen atoms in total. The second-order valence-corrected chi connectivity index (χ2v) is 2.93. The van der Waals surface area contributed by atoms with Crippen LogP contribution in [0.1, 0.15) is 5.56 Å². The van der Waals surface area contributed by atoms with E-state index in [9.17, 15) is 4.39 Å². The maximum atomic E-state index is 13.4. The van der Waals surface area contributed by atoms with Crippen LogP contribution in [0.3, 0.4) is 0 Å². The lowest BCUT2D eigenvalue weighted by molar-refractivity contribution is 0.416. The molecule has 84 valence electrons. The molecule has 0 aliphatic heterocycles. The number of methoxy groups -OCH3 is 1. The first-order valence-electron chi connectivity index (χ1n) is 4.49. The zero-order valence-corrected chi connectivity index (χ0v) is 8.72. The maximum absolute atomic E-state index is 13.4. The summed E-state index contributed by atoms with van der Waals surface area (Å²) in [5.41, 5.74) is 14.1. The molecular weight excluding hydrogens is 211 g/mol. The van der Waals surface area contributed by atoms with Gasteiger partial charge >= 0.3 is 0 Å². The van der Waals surface area contributed by atoms with Crippen molar-refractivity contribution >= 4 is 11.8 Å². The van der Waals surface area contributed by atoms with Gasteiger partial charge in [-0.05, 0) is 11.6 Å².